The van der Waals surface area contributed by atoms with Gasteiger partial charge < -0.3 is 10.5 Å². The Bertz CT molecular complexity index is 250. The number of anilines is 1. The molecule has 0 saturated heterocycles. The normalized spacial score (nSPS) is 9.38. The summed E-state index contributed by atoms with van der Waals surface area (Å²) in [4.78, 5) is 0. The van der Waals surface area contributed by atoms with E-state index in [-0.39, 0.29) is 12.4 Å². The predicted molar refractivity (Wildman–Crippen MR) is 55.3 cm³/mol. The van der Waals surface area contributed by atoms with Gasteiger partial charge in [0.25, 0.3) is 5.88 Å². The second-order valence-corrected chi connectivity index (χ2v) is 2.77. The third-order valence-corrected chi connectivity index (χ3v) is 1.56. The second kappa shape index (κ2) is 5.70. The number of nitrogens with two attached hydrogens (primary N) is 1. The minimum Gasteiger partial charge on any atom is -0.475 e. The summed E-state index contributed by atoms with van der Waals surface area (Å²) in [5.41, 5.74) is 6.22. The summed E-state index contributed by atoms with van der Waals surface area (Å²) >= 11 is 0. The average Bonchev–Trinajstić information content (AvgIpc) is 2.31. The minimum atomic E-state index is 0. The summed E-state index contributed by atoms with van der Waals surface area (Å²) in [6.07, 6.45) is 3.89. The molecule has 1 aromatic rings. The van der Waals surface area contributed by atoms with Crippen molar-refractivity contribution in [1.29, 1.82) is 0 Å². The number of hydrogen-bond donors (Lipinski definition) is 1. The highest BCUT2D eigenvalue weighted by Crippen LogP contribution is 2.17. The van der Waals surface area contributed by atoms with Gasteiger partial charge in [-0.1, -0.05) is 13.3 Å². The van der Waals surface area contributed by atoms with Crippen LogP contribution in [0.2, 0.25) is 0 Å². The Morgan fingerprint density at radius 1 is 1.62 bits per heavy atom. The molecule has 13 heavy (non-hydrogen) atoms. The highest BCUT2D eigenvalue weighted by Gasteiger charge is 2.03. The third-order valence-electron chi connectivity index (χ3n) is 1.56. The summed E-state index contributed by atoms with van der Waals surface area (Å²) in [6, 6.07) is 0. The summed E-state index contributed by atoms with van der Waals surface area (Å²) in [6.45, 7) is 2.81. The van der Waals surface area contributed by atoms with Crippen LogP contribution in [0.3, 0.4) is 0 Å². The maximum Gasteiger partial charge on any atom is 0.256 e. The van der Waals surface area contributed by atoms with Gasteiger partial charge in [-0.25, -0.2) is 0 Å². The zero-order chi connectivity index (χ0) is 8.97. The second-order valence-electron chi connectivity index (χ2n) is 2.77. The summed E-state index contributed by atoms with van der Waals surface area (Å²) in [5, 5.41) is 4.05. The van der Waals surface area contributed by atoms with Gasteiger partial charge in [0.15, 0.2) is 0 Å². The lowest BCUT2D eigenvalue weighted by molar-refractivity contribution is 0.296. The van der Waals surface area contributed by atoms with Gasteiger partial charge in [-0.3, -0.25) is 4.68 Å². The molecule has 0 fully saturated rings. The molecule has 0 aromatic carbocycles. The highest BCUT2D eigenvalue weighted by molar-refractivity contribution is 5.85. The van der Waals surface area contributed by atoms with Crippen molar-refractivity contribution < 1.29 is 4.74 Å². The summed E-state index contributed by atoms with van der Waals surface area (Å²) in [5.74, 6) is 0.547. The van der Waals surface area contributed by atoms with Crippen molar-refractivity contribution in [1.82, 2.24) is 9.78 Å². The first kappa shape index (κ1) is 12.1. The molecule has 0 aliphatic carbocycles. The van der Waals surface area contributed by atoms with Crippen molar-refractivity contribution in [2.24, 2.45) is 7.05 Å². The van der Waals surface area contributed by atoms with Crippen LogP contribution >= 0.6 is 12.4 Å². The molecule has 0 aliphatic heterocycles. The number of aryl methyl sites for hydroxylation is 1. The number of aromatic nitrogens is 2. The molecule has 0 aliphatic rings. The van der Waals surface area contributed by atoms with Crippen LogP contribution in [0.5, 0.6) is 5.88 Å². The highest BCUT2D eigenvalue weighted by atomic mass is 35.5. The lowest BCUT2D eigenvalue weighted by Gasteiger charge is -2.00. The van der Waals surface area contributed by atoms with Gasteiger partial charge >= 0.3 is 0 Å². The third kappa shape index (κ3) is 3.55. The molecule has 0 atom stereocenters. The first-order valence-electron chi connectivity index (χ1n) is 4.16. The molecule has 0 unspecified atom stereocenters. The van der Waals surface area contributed by atoms with Crippen LogP contribution in [0.25, 0.3) is 0 Å². The Morgan fingerprint density at radius 3 is 2.77 bits per heavy atom. The molecular weight excluding hydrogens is 190 g/mol. The molecular formula is C8H16ClN3O. The van der Waals surface area contributed by atoms with E-state index in [0.29, 0.717) is 18.2 Å². The number of unbranched alkanes of at least 4 members (excludes halogenated alkanes) is 1. The van der Waals surface area contributed by atoms with E-state index in [1.807, 2.05) is 7.05 Å². The van der Waals surface area contributed by atoms with E-state index in [4.69, 9.17) is 10.5 Å². The number of hydrogen-bond acceptors (Lipinski definition) is 3. The van der Waals surface area contributed by atoms with Crippen LogP contribution < -0.4 is 10.5 Å². The monoisotopic (exact) mass is 205 g/mol. The number of halogens is 1. The van der Waals surface area contributed by atoms with E-state index in [1.165, 1.54) is 0 Å². The van der Waals surface area contributed by atoms with E-state index in [1.54, 1.807) is 10.9 Å². The SMILES string of the molecule is CCCCOc1nn(C)cc1N.Cl. The average molecular weight is 206 g/mol. The van der Waals surface area contributed by atoms with Crippen molar-refractivity contribution in [3.05, 3.63) is 6.20 Å². The van der Waals surface area contributed by atoms with Gasteiger partial charge in [-0.2, -0.15) is 0 Å². The quantitative estimate of drug-likeness (QED) is 0.760. The van der Waals surface area contributed by atoms with Crippen molar-refractivity contribution in [3.8, 4) is 5.88 Å². The molecule has 0 saturated carbocycles. The Hall–Kier alpha value is -0.900. The molecule has 76 valence electrons. The van der Waals surface area contributed by atoms with Gasteiger partial charge in [0.2, 0.25) is 0 Å². The molecule has 1 heterocycles. The van der Waals surface area contributed by atoms with Crippen LogP contribution in [0.15, 0.2) is 6.20 Å². The lowest BCUT2D eigenvalue weighted by atomic mass is 10.4. The Balaban J connectivity index is 0.00000144. The fourth-order valence-corrected chi connectivity index (χ4v) is 0.912. The molecule has 0 bridgehead atoms. The molecule has 0 amide bonds. The minimum absolute atomic E-state index is 0. The molecule has 4 nitrogen and oxygen atoms in total. The summed E-state index contributed by atoms with van der Waals surface area (Å²) in [7, 11) is 1.82. The van der Waals surface area contributed by atoms with E-state index in [9.17, 15) is 0 Å². The van der Waals surface area contributed by atoms with Gasteiger partial charge in [0.05, 0.1) is 12.8 Å². The molecule has 1 aromatic heterocycles. The lowest BCUT2D eigenvalue weighted by Crippen LogP contribution is -1.99. The van der Waals surface area contributed by atoms with E-state index in [0.717, 1.165) is 12.8 Å². The van der Waals surface area contributed by atoms with Crippen LogP contribution in [0, 0.1) is 0 Å². The smallest absolute Gasteiger partial charge is 0.256 e. The maximum atomic E-state index is 5.62. The number of ether oxygens (including phenoxy) is 1. The predicted octanol–water partition coefficient (Wildman–Crippen LogP) is 1.60. The largest absolute Gasteiger partial charge is 0.475 e. The first-order chi connectivity index (χ1) is 5.74. The van der Waals surface area contributed by atoms with E-state index >= 15 is 0 Å². The zero-order valence-corrected chi connectivity index (χ0v) is 8.80. The summed E-state index contributed by atoms with van der Waals surface area (Å²) < 4.78 is 6.99. The van der Waals surface area contributed by atoms with Crippen LogP contribution in [0.4, 0.5) is 5.69 Å². The van der Waals surface area contributed by atoms with Crippen molar-refractivity contribution in [2.45, 2.75) is 19.8 Å². The molecule has 5 heteroatoms. The molecule has 0 radical (unpaired) electrons. The topological polar surface area (TPSA) is 53.1 Å². The van der Waals surface area contributed by atoms with Crippen molar-refractivity contribution in [3.63, 3.8) is 0 Å². The standard InChI is InChI=1S/C8H15N3O.ClH/c1-3-4-5-12-8-7(9)6-11(2)10-8;/h6H,3-5,9H2,1-2H3;1H. The van der Waals surface area contributed by atoms with Gasteiger partial charge in [-0.05, 0) is 6.42 Å². The van der Waals surface area contributed by atoms with E-state index < -0.39 is 0 Å². The molecule has 1 rings (SSSR count). The van der Waals surface area contributed by atoms with E-state index in [2.05, 4.69) is 12.0 Å². The van der Waals surface area contributed by atoms with Crippen molar-refractivity contribution in [2.75, 3.05) is 12.3 Å². The molecule has 0 spiro atoms. The van der Waals surface area contributed by atoms with Gasteiger partial charge in [-0.15, -0.1) is 17.5 Å². The van der Waals surface area contributed by atoms with Crippen LogP contribution in [-0.4, -0.2) is 16.4 Å². The Labute approximate surface area is 84.5 Å². The van der Waals surface area contributed by atoms with Gasteiger partial charge in [0, 0.05) is 7.05 Å². The van der Waals surface area contributed by atoms with Crippen molar-refractivity contribution >= 4 is 18.1 Å². The van der Waals surface area contributed by atoms with Crippen LogP contribution in [0.1, 0.15) is 19.8 Å². The number of rotatable bonds is 4. The molecule has 2 N–H and O–H groups in total. The Morgan fingerprint density at radius 2 is 2.31 bits per heavy atom. The van der Waals surface area contributed by atoms with Crippen LogP contribution in [-0.2, 0) is 7.05 Å². The fraction of sp³-hybridized carbons (Fsp3) is 0.625. The maximum absolute atomic E-state index is 5.62. The Kier molecular flexibility index (Phi) is 5.30. The van der Waals surface area contributed by atoms with Gasteiger partial charge in [0.1, 0.15) is 5.69 Å². The number of nitrogen functional groups attached to an aromatic ring is 1. The zero-order valence-electron chi connectivity index (χ0n) is 7.99. The first-order valence-corrected chi connectivity index (χ1v) is 4.16. The number of nitrogens with zero attached hydrogens (tertiary/aromatic N) is 2. The fourth-order valence-electron chi connectivity index (χ4n) is 0.912.